The van der Waals surface area contributed by atoms with Crippen LogP contribution in [0.15, 0.2) is 61.2 Å². The maximum absolute atomic E-state index is 12.8. The van der Waals surface area contributed by atoms with Crippen molar-refractivity contribution in [1.82, 2.24) is 14.5 Å². The van der Waals surface area contributed by atoms with Crippen molar-refractivity contribution in [3.05, 3.63) is 71.8 Å². The first-order valence-electron chi connectivity index (χ1n) is 9.18. The van der Waals surface area contributed by atoms with Crippen LogP contribution in [0.5, 0.6) is 11.5 Å². The number of methoxy groups -OCH3 is 2. The predicted octanol–water partition coefficient (Wildman–Crippen LogP) is 4.57. The van der Waals surface area contributed by atoms with Crippen molar-refractivity contribution < 1.29 is 14.3 Å². The van der Waals surface area contributed by atoms with Gasteiger partial charge < -0.3 is 19.4 Å². The Hall–Kier alpha value is -3.65. The van der Waals surface area contributed by atoms with E-state index in [1.165, 1.54) is 11.3 Å². The third-order valence-corrected chi connectivity index (χ3v) is 5.77. The molecule has 30 heavy (non-hydrogen) atoms. The van der Waals surface area contributed by atoms with Crippen LogP contribution in [0, 0.1) is 6.92 Å². The number of carbonyl (C=O) groups is 1. The summed E-state index contributed by atoms with van der Waals surface area (Å²) in [5.74, 6) is 1.07. The molecule has 0 spiro atoms. The summed E-state index contributed by atoms with van der Waals surface area (Å²) >= 11 is 1.34. The van der Waals surface area contributed by atoms with Gasteiger partial charge in [-0.15, -0.1) is 11.3 Å². The van der Waals surface area contributed by atoms with E-state index in [2.05, 4.69) is 15.3 Å². The first-order valence-corrected chi connectivity index (χ1v) is 10.00. The molecule has 0 aliphatic carbocycles. The average molecular weight is 420 g/mol. The van der Waals surface area contributed by atoms with E-state index in [9.17, 15) is 4.79 Å². The van der Waals surface area contributed by atoms with Crippen LogP contribution in [0.1, 0.15) is 15.4 Å². The molecule has 0 aliphatic heterocycles. The van der Waals surface area contributed by atoms with E-state index in [0.29, 0.717) is 27.8 Å². The van der Waals surface area contributed by atoms with E-state index in [0.717, 1.165) is 16.3 Å². The summed E-state index contributed by atoms with van der Waals surface area (Å²) < 4.78 is 12.5. The van der Waals surface area contributed by atoms with Gasteiger partial charge in [-0.1, -0.05) is 0 Å². The van der Waals surface area contributed by atoms with Gasteiger partial charge in [0.2, 0.25) is 0 Å². The Labute approximate surface area is 177 Å². The number of nitrogens with zero attached hydrogens (tertiary/aromatic N) is 3. The van der Waals surface area contributed by atoms with Crippen molar-refractivity contribution >= 4 is 22.9 Å². The van der Waals surface area contributed by atoms with Crippen molar-refractivity contribution in [3.8, 4) is 27.8 Å². The van der Waals surface area contributed by atoms with Gasteiger partial charge in [0.25, 0.3) is 5.91 Å². The highest BCUT2D eigenvalue weighted by atomic mass is 32.1. The van der Waals surface area contributed by atoms with Gasteiger partial charge in [-0.2, -0.15) is 0 Å². The number of aromatic nitrogens is 3. The zero-order chi connectivity index (χ0) is 21.1. The van der Waals surface area contributed by atoms with Crippen molar-refractivity contribution in [3.63, 3.8) is 0 Å². The lowest BCUT2D eigenvalue weighted by molar-refractivity contribution is 0.103. The van der Waals surface area contributed by atoms with E-state index >= 15 is 0 Å². The Morgan fingerprint density at radius 3 is 2.50 bits per heavy atom. The van der Waals surface area contributed by atoms with Crippen molar-refractivity contribution in [2.75, 3.05) is 19.5 Å². The molecular weight excluding hydrogens is 400 g/mol. The Morgan fingerprint density at radius 1 is 1.07 bits per heavy atom. The number of rotatable bonds is 6. The molecule has 0 fully saturated rings. The Kier molecular flexibility index (Phi) is 5.49. The summed E-state index contributed by atoms with van der Waals surface area (Å²) in [7, 11) is 3.18. The van der Waals surface area contributed by atoms with Gasteiger partial charge in [0.1, 0.15) is 9.88 Å². The molecule has 8 heteroatoms. The fourth-order valence-electron chi connectivity index (χ4n) is 3.02. The Bertz CT molecular complexity index is 1170. The molecule has 1 N–H and O–H groups in total. The van der Waals surface area contributed by atoms with Gasteiger partial charge in [-0.25, -0.2) is 9.97 Å². The third kappa shape index (κ3) is 3.90. The lowest BCUT2D eigenvalue weighted by Crippen LogP contribution is -2.11. The zero-order valence-electron chi connectivity index (χ0n) is 16.7. The maximum atomic E-state index is 12.8. The van der Waals surface area contributed by atoms with Crippen LogP contribution in [0.4, 0.5) is 5.69 Å². The van der Waals surface area contributed by atoms with E-state index in [1.807, 2.05) is 60.2 Å². The second-order valence-electron chi connectivity index (χ2n) is 6.47. The molecular formula is C22H20N4O3S. The molecule has 2 heterocycles. The molecule has 1 amide bonds. The van der Waals surface area contributed by atoms with Crippen molar-refractivity contribution in [2.24, 2.45) is 0 Å². The summed E-state index contributed by atoms with van der Waals surface area (Å²) in [6, 6.07) is 13.1. The van der Waals surface area contributed by atoms with Crippen LogP contribution in [0.3, 0.4) is 0 Å². The number of hydrogen-bond acceptors (Lipinski definition) is 6. The number of hydrogen-bond donors (Lipinski definition) is 1. The van der Waals surface area contributed by atoms with Crippen LogP contribution < -0.4 is 14.8 Å². The first-order chi connectivity index (χ1) is 14.6. The molecule has 0 radical (unpaired) electrons. The van der Waals surface area contributed by atoms with Gasteiger partial charge in [0.15, 0.2) is 11.5 Å². The van der Waals surface area contributed by atoms with Crippen LogP contribution >= 0.6 is 11.3 Å². The number of imidazole rings is 1. The number of nitrogens with one attached hydrogen (secondary N) is 1. The van der Waals surface area contributed by atoms with Crippen LogP contribution in [0.25, 0.3) is 16.3 Å². The second kappa shape index (κ2) is 8.38. The number of ether oxygens (including phenoxy) is 2. The van der Waals surface area contributed by atoms with Crippen LogP contribution in [-0.2, 0) is 0 Å². The summed E-state index contributed by atoms with van der Waals surface area (Å²) in [5, 5.41) is 3.68. The lowest BCUT2D eigenvalue weighted by atomic mass is 10.2. The normalized spacial score (nSPS) is 10.6. The van der Waals surface area contributed by atoms with Crippen molar-refractivity contribution in [1.29, 1.82) is 0 Å². The maximum Gasteiger partial charge on any atom is 0.267 e. The topological polar surface area (TPSA) is 78.3 Å². The molecule has 0 atom stereocenters. The minimum absolute atomic E-state index is 0.188. The smallest absolute Gasteiger partial charge is 0.267 e. The Balaban J connectivity index is 1.53. The molecule has 4 aromatic rings. The van der Waals surface area contributed by atoms with E-state index in [4.69, 9.17) is 9.47 Å². The first kappa shape index (κ1) is 19.7. The summed E-state index contributed by atoms with van der Waals surface area (Å²) in [6.07, 6.45) is 5.31. The molecule has 0 aliphatic rings. The number of benzene rings is 2. The molecule has 0 saturated heterocycles. The molecule has 2 aromatic heterocycles. The van der Waals surface area contributed by atoms with Gasteiger partial charge in [0, 0.05) is 29.3 Å². The largest absolute Gasteiger partial charge is 0.493 e. The fraction of sp³-hybridized carbons (Fsp3) is 0.136. The molecule has 7 nitrogen and oxygen atoms in total. The SMILES string of the molecule is COc1ccc(-c2nc(C)c(C(=O)Nc3ccc(-n4ccnc4)cc3)s2)cc1OC. The second-order valence-corrected chi connectivity index (χ2v) is 7.47. The number of carbonyl (C=O) groups excluding carboxylic acids is 1. The highest BCUT2D eigenvalue weighted by Gasteiger charge is 2.17. The average Bonchev–Trinajstić information content (AvgIpc) is 3.44. The quantitative estimate of drug-likeness (QED) is 0.494. The van der Waals surface area contributed by atoms with E-state index in [-0.39, 0.29) is 5.91 Å². The number of anilines is 1. The minimum Gasteiger partial charge on any atom is -0.493 e. The molecule has 0 bridgehead atoms. The minimum atomic E-state index is -0.188. The van der Waals surface area contributed by atoms with Crippen LogP contribution in [-0.4, -0.2) is 34.7 Å². The van der Waals surface area contributed by atoms with Gasteiger partial charge >= 0.3 is 0 Å². The van der Waals surface area contributed by atoms with Gasteiger partial charge in [-0.05, 0) is 49.4 Å². The highest BCUT2D eigenvalue weighted by Crippen LogP contribution is 2.35. The number of amides is 1. The van der Waals surface area contributed by atoms with Gasteiger partial charge in [0.05, 0.1) is 26.2 Å². The summed E-state index contributed by atoms with van der Waals surface area (Å²) in [5.41, 5.74) is 3.22. The third-order valence-electron chi connectivity index (χ3n) is 4.56. The summed E-state index contributed by atoms with van der Waals surface area (Å²) in [6.45, 7) is 1.83. The standard InChI is InChI=1S/C22H20N4O3S/c1-14-20(30-22(24-14)15-4-9-18(28-2)19(12-15)29-3)21(27)25-16-5-7-17(8-6-16)26-11-10-23-13-26/h4-13H,1-3H3,(H,25,27). The molecule has 4 rings (SSSR count). The Morgan fingerprint density at radius 2 is 1.83 bits per heavy atom. The van der Waals surface area contributed by atoms with Crippen molar-refractivity contribution in [2.45, 2.75) is 6.92 Å². The van der Waals surface area contributed by atoms with Gasteiger partial charge in [-0.3, -0.25) is 4.79 Å². The zero-order valence-corrected chi connectivity index (χ0v) is 17.6. The molecule has 0 saturated carbocycles. The monoisotopic (exact) mass is 420 g/mol. The molecule has 2 aromatic carbocycles. The predicted molar refractivity (Wildman–Crippen MR) is 117 cm³/mol. The fourth-order valence-corrected chi connectivity index (χ4v) is 3.97. The van der Waals surface area contributed by atoms with E-state index < -0.39 is 0 Å². The summed E-state index contributed by atoms with van der Waals surface area (Å²) in [4.78, 5) is 22.0. The number of aryl methyl sites for hydroxylation is 1. The highest BCUT2D eigenvalue weighted by molar-refractivity contribution is 7.17. The molecule has 0 unspecified atom stereocenters. The van der Waals surface area contributed by atoms with Crippen LogP contribution in [0.2, 0.25) is 0 Å². The number of thiazole rings is 1. The molecule has 152 valence electrons. The van der Waals surface area contributed by atoms with E-state index in [1.54, 1.807) is 26.7 Å². The lowest BCUT2D eigenvalue weighted by Gasteiger charge is -2.08.